The van der Waals surface area contributed by atoms with Gasteiger partial charge in [-0.05, 0) is 38.8 Å². The van der Waals surface area contributed by atoms with Crippen LogP contribution in [0.15, 0.2) is 30.5 Å². The molecular weight excluding hydrogens is 304 g/mol. The normalized spacial score (nSPS) is 21.5. The van der Waals surface area contributed by atoms with Gasteiger partial charge in [-0.1, -0.05) is 23.4 Å². The number of likely N-dealkylation sites (tertiary alicyclic amines) is 1. The topological polar surface area (TPSA) is 63.4 Å². The number of β-amino-alcohol motifs (C(OH)–C–C–N with tert-alkyl or cyclic N) is 1. The van der Waals surface area contributed by atoms with Gasteiger partial charge in [0.15, 0.2) is 0 Å². The third kappa shape index (κ3) is 3.60. The first-order valence-electron chi connectivity index (χ1n) is 8.53. The second kappa shape index (κ2) is 6.91. The van der Waals surface area contributed by atoms with Crippen LogP contribution in [0.2, 0.25) is 0 Å². The summed E-state index contributed by atoms with van der Waals surface area (Å²) in [6.07, 6.45) is 2.53. The quantitative estimate of drug-likeness (QED) is 0.879. The lowest BCUT2D eigenvalue weighted by Gasteiger charge is -2.21. The van der Waals surface area contributed by atoms with Crippen LogP contribution in [0.5, 0.6) is 5.75 Å². The van der Waals surface area contributed by atoms with Crippen molar-refractivity contribution in [1.82, 2.24) is 19.9 Å². The zero-order chi connectivity index (χ0) is 17.2. The molecule has 1 saturated heterocycles. The van der Waals surface area contributed by atoms with E-state index in [1.54, 1.807) is 4.68 Å². The number of aromatic nitrogens is 3. The number of rotatable bonds is 6. The lowest BCUT2D eigenvalue weighted by molar-refractivity contribution is 0.0403. The van der Waals surface area contributed by atoms with E-state index in [9.17, 15) is 5.11 Å². The molecule has 130 valence electrons. The molecule has 1 aliphatic rings. The van der Waals surface area contributed by atoms with Gasteiger partial charge in [-0.15, -0.1) is 5.10 Å². The summed E-state index contributed by atoms with van der Waals surface area (Å²) in [6, 6.07) is 8.26. The minimum Gasteiger partial charge on any atom is -0.492 e. The molecule has 1 aliphatic heterocycles. The summed E-state index contributed by atoms with van der Waals surface area (Å²) < 4.78 is 7.64. The predicted molar refractivity (Wildman–Crippen MR) is 92.0 cm³/mol. The molecule has 3 rings (SSSR count). The van der Waals surface area contributed by atoms with Gasteiger partial charge in [-0.25, -0.2) is 4.68 Å². The molecule has 0 aliphatic carbocycles. The summed E-state index contributed by atoms with van der Waals surface area (Å²) in [7, 11) is 0. The van der Waals surface area contributed by atoms with Crippen LogP contribution in [-0.4, -0.2) is 51.2 Å². The van der Waals surface area contributed by atoms with E-state index >= 15 is 0 Å². The van der Waals surface area contributed by atoms with E-state index in [1.807, 2.05) is 51.2 Å². The average Bonchev–Trinajstić information content (AvgIpc) is 3.17. The molecule has 0 amide bonds. The van der Waals surface area contributed by atoms with Crippen molar-refractivity contribution >= 4 is 0 Å². The molecule has 1 aromatic heterocycles. The SMILES string of the molecule is Cc1ccccc1OCCN1CC[C@@](O)(c2cn(C(C)C)nn2)C1. The Labute approximate surface area is 143 Å². The second-order valence-electron chi connectivity index (χ2n) is 6.85. The number of aliphatic hydroxyl groups is 1. The summed E-state index contributed by atoms with van der Waals surface area (Å²) in [5.74, 6) is 0.923. The lowest BCUT2D eigenvalue weighted by Crippen LogP contribution is -2.33. The van der Waals surface area contributed by atoms with Crippen LogP contribution in [0.1, 0.15) is 37.6 Å². The largest absolute Gasteiger partial charge is 0.492 e. The monoisotopic (exact) mass is 330 g/mol. The van der Waals surface area contributed by atoms with Gasteiger partial charge in [0.1, 0.15) is 23.7 Å². The number of hydrogen-bond donors (Lipinski definition) is 1. The number of para-hydroxylation sites is 1. The van der Waals surface area contributed by atoms with Crippen LogP contribution in [0, 0.1) is 6.92 Å². The predicted octanol–water partition coefficient (Wildman–Crippen LogP) is 2.14. The molecule has 2 heterocycles. The number of nitrogens with zero attached hydrogens (tertiary/aromatic N) is 4. The zero-order valence-electron chi connectivity index (χ0n) is 14.6. The Bertz CT molecular complexity index is 685. The van der Waals surface area contributed by atoms with Crippen molar-refractivity contribution in [3.63, 3.8) is 0 Å². The standard InChI is InChI=1S/C18H26N4O2/c1-14(2)22-12-17(19-20-22)18(23)8-9-21(13-18)10-11-24-16-7-5-4-6-15(16)3/h4-7,12,14,23H,8-11,13H2,1-3H3/t18-/m0/s1. The van der Waals surface area contributed by atoms with E-state index < -0.39 is 5.60 Å². The summed E-state index contributed by atoms with van der Waals surface area (Å²) in [5.41, 5.74) is 0.898. The average molecular weight is 330 g/mol. The molecule has 0 unspecified atom stereocenters. The van der Waals surface area contributed by atoms with Crippen LogP contribution < -0.4 is 4.74 Å². The fourth-order valence-electron chi connectivity index (χ4n) is 3.02. The molecule has 2 aromatic rings. The van der Waals surface area contributed by atoms with Crippen molar-refractivity contribution in [2.24, 2.45) is 0 Å². The fourth-order valence-corrected chi connectivity index (χ4v) is 3.02. The third-order valence-electron chi connectivity index (χ3n) is 4.60. The first-order chi connectivity index (χ1) is 11.5. The minimum absolute atomic E-state index is 0.245. The zero-order valence-corrected chi connectivity index (χ0v) is 14.6. The van der Waals surface area contributed by atoms with Gasteiger partial charge < -0.3 is 9.84 Å². The van der Waals surface area contributed by atoms with Crippen molar-refractivity contribution in [1.29, 1.82) is 0 Å². The van der Waals surface area contributed by atoms with E-state index in [0.717, 1.165) is 24.4 Å². The van der Waals surface area contributed by atoms with Gasteiger partial charge >= 0.3 is 0 Å². The van der Waals surface area contributed by atoms with Crippen LogP contribution in [0.3, 0.4) is 0 Å². The number of benzene rings is 1. The van der Waals surface area contributed by atoms with E-state index in [0.29, 0.717) is 25.3 Å². The summed E-state index contributed by atoms with van der Waals surface area (Å²) in [4.78, 5) is 2.21. The number of ether oxygens (including phenoxy) is 1. The molecule has 1 N–H and O–H groups in total. The Morgan fingerprint density at radius 2 is 2.12 bits per heavy atom. The van der Waals surface area contributed by atoms with Gasteiger partial charge in [-0.2, -0.15) is 0 Å². The van der Waals surface area contributed by atoms with Crippen LogP contribution >= 0.6 is 0 Å². The Morgan fingerprint density at radius 3 is 2.83 bits per heavy atom. The van der Waals surface area contributed by atoms with Crippen LogP contribution in [-0.2, 0) is 5.60 Å². The van der Waals surface area contributed by atoms with Crippen molar-refractivity contribution in [2.45, 2.75) is 38.8 Å². The third-order valence-corrected chi connectivity index (χ3v) is 4.60. The van der Waals surface area contributed by atoms with Gasteiger partial charge in [0, 0.05) is 25.7 Å². The van der Waals surface area contributed by atoms with Gasteiger partial charge in [-0.3, -0.25) is 4.90 Å². The van der Waals surface area contributed by atoms with E-state index in [1.165, 1.54) is 0 Å². The van der Waals surface area contributed by atoms with Gasteiger partial charge in [0.05, 0.1) is 6.20 Å². The Balaban J connectivity index is 1.54. The molecule has 0 spiro atoms. The first-order valence-corrected chi connectivity index (χ1v) is 8.53. The maximum atomic E-state index is 10.9. The Hall–Kier alpha value is -1.92. The highest BCUT2D eigenvalue weighted by atomic mass is 16.5. The maximum absolute atomic E-state index is 10.9. The van der Waals surface area contributed by atoms with Crippen LogP contribution in [0.25, 0.3) is 0 Å². The fraction of sp³-hybridized carbons (Fsp3) is 0.556. The smallest absolute Gasteiger partial charge is 0.124 e. The molecule has 0 saturated carbocycles. The van der Waals surface area contributed by atoms with Crippen molar-refractivity contribution in [3.8, 4) is 5.75 Å². The molecule has 24 heavy (non-hydrogen) atoms. The molecule has 0 radical (unpaired) electrons. The molecular formula is C18H26N4O2. The molecule has 1 atom stereocenters. The first kappa shape index (κ1) is 16.9. The molecule has 6 heteroatoms. The number of aryl methyl sites for hydroxylation is 1. The molecule has 0 bridgehead atoms. The van der Waals surface area contributed by atoms with Crippen molar-refractivity contribution in [3.05, 3.63) is 41.7 Å². The highest BCUT2D eigenvalue weighted by Crippen LogP contribution is 2.30. The molecule has 6 nitrogen and oxygen atoms in total. The van der Waals surface area contributed by atoms with Crippen molar-refractivity contribution in [2.75, 3.05) is 26.2 Å². The summed E-state index contributed by atoms with van der Waals surface area (Å²) in [5, 5.41) is 19.2. The molecule has 1 fully saturated rings. The highest BCUT2D eigenvalue weighted by Gasteiger charge is 2.40. The highest BCUT2D eigenvalue weighted by molar-refractivity contribution is 5.31. The Kier molecular flexibility index (Phi) is 4.87. The lowest BCUT2D eigenvalue weighted by atomic mass is 10.00. The minimum atomic E-state index is -0.907. The maximum Gasteiger partial charge on any atom is 0.124 e. The van der Waals surface area contributed by atoms with E-state index in [4.69, 9.17) is 4.74 Å². The van der Waals surface area contributed by atoms with Gasteiger partial charge in [0.2, 0.25) is 0 Å². The van der Waals surface area contributed by atoms with E-state index in [-0.39, 0.29) is 6.04 Å². The summed E-state index contributed by atoms with van der Waals surface area (Å²) >= 11 is 0. The van der Waals surface area contributed by atoms with Crippen molar-refractivity contribution < 1.29 is 9.84 Å². The second-order valence-corrected chi connectivity index (χ2v) is 6.85. The number of hydrogen-bond acceptors (Lipinski definition) is 5. The Morgan fingerprint density at radius 1 is 1.33 bits per heavy atom. The van der Waals surface area contributed by atoms with Crippen LogP contribution in [0.4, 0.5) is 0 Å². The van der Waals surface area contributed by atoms with Gasteiger partial charge in [0.25, 0.3) is 0 Å². The molecule has 1 aromatic carbocycles. The summed E-state index contributed by atoms with van der Waals surface area (Å²) in [6.45, 7) is 8.94. The van der Waals surface area contributed by atoms with E-state index in [2.05, 4.69) is 15.2 Å².